The lowest BCUT2D eigenvalue weighted by molar-refractivity contribution is 0.198. The number of nitrogens with zero attached hydrogens (tertiary/aromatic N) is 4. The van der Waals surface area contributed by atoms with Gasteiger partial charge < -0.3 is 10.0 Å². The summed E-state index contributed by atoms with van der Waals surface area (Å²) in [4.78, 5) is 11.2. The minimum atomic E-state index is -3.19. The Morgan fingerprint density at radius 3 is 2.43 bits per heavy atom. The van der Waals surface area contributed by atoms with E-state index in [4.69, 9.17) is 0 Å². The normalized spacial score (nSPS) is 23.8. The van der Waals surface area contributed by atoms with Gasteiger partial charge in [-0.3, -0.25) is 0 Å². The van der Waals surface area contributed by atoms with Crippen molar-refractivity contribution in [2.24, 2.45) is 5.92 Å². The summed E-state index contributed by atoms with van der Waals surface area (Å²) in [6.07, 6.45) is 3.95. The SMILES string of the molecule is Cc1nc([C@H]2CCN2S(C)(=O)=O)cc(N2CCC(CO)CC2)n1. The topological polar surface area (TPSA) is 86.6 Å². The van der Waals surface area contributed by atoms with Gasteiger partial charge in [0.2, 0.25) is 10.0 Å². The number of aliphatic hydroxyl groups is 1. The second-order valence-corrected chi connectivity index (χ2v) is 8.42. The minimum absolute atomic E-state index is 0.166. The molecular weight excluding hydrogens is 316 g/mol. The van der Waals surface area contributed by atoms with Crippen LogP contribution in [-0.4, -0.2) is 60.3 Å². The van der Waals surface area contributed by atoms with Gasteiger partial charge in [-0.15, -0.1) is 0 Å². The molecule has 0 radical (unpaired) electrons. The van der Waals surface area contributed by atoms with E-state index >= 15 is 0 Å². The molecular formula is C15H24N4O3S. The van der Waals surface area contributed by atoms with Gasteiger partial charge in [0, 0.05) is 32.3 Å². The van der Waals surface area contributed by atoms with Crippen LogP contribution in [0.25, 0.3) is 0 Å². The van der Waals surface area contributed by atoms with Gasteiger partial charge in [0.15, 0.2) is 0 Å². The number of hydrogen-bond donors (Lipinski definition) is 1. The number of sulfonamides is 1. The number of piperidine rings is 1. The van der Waals surface area contributed by atoms with Crippen molar-refractivity contribution >= 4 is 15.8 Å². The van der Waals surface area contributed by atoms with Gasteiger partial charge in [-0.25, -0.2) is 18.4 Å². The van der Waals surface area contributed by atoms with Gasteiger partial charge in [0.1, 0.15) is 11.6 Å². The van der Waals surface area contributed by atoms with Crippen molar-refractivity contribution in [3.63, 3.8) is 0 Å². The van der Waals surface area contributed by atoms with Crippen LogP contribution in [0.3, 0.4) is 0 Å². The van der Waals surface area contributed by atoms with Crippen molar-refractivity contribution in [1.29, 1.82) is 0 Å². The van der Waals surface area contributed by atoms with Crippen molar-refractivity contribution in [2.75, 3.05) is 37.4 Å². The van der Waals surface area contributed by atoms with Crippen molar-refractivity contribution in [1.82, 2.24) is 14.3 Å². The number of aliphatic hydroxyl groups excluding tert-OH is 1. The fourth-order valence-electron chi connectivity index (χ4n) is 3.31. The molecule has 1 aromatic heterocycles. The number of hydrogen-bond acceptors (Lipinski definition) is 6. The Labute approximate surface area is 137 Å². The lowest BCUT2D eigenvalue weighted by Gasteiger charge is -2.39. The van der Waals surface area contributed by atoms with Crippen LogP contribution in [0, 0.1) is 12.8 Å². The Kier molecular flexibility index (Phi) is 4.57. The van der Waals surface area contributed by atoms with Crippen LogP contribution in [0.4, 0.5) is 5.82 Å². The van der Waals surface area contributed by atoms with Crippen molar-refractivity contribution in [3.05, 3.63) is 17.6 Å². The molecule has 0 unspecified atom stereocenters. The van der Waals surface area contributed by atoms with Crippen LogP contribution < -0.4 is 4.90 Å². The van der Waals surface area contributed by atoms with E-state index in [1.54, 1.807) is 0 Å². The van der Waals surface area contributed by atoms with Crippen LogP contribution in [0.1, 0.15) is 36.8 Å². The van der Waals surface area contributed by atoms with Gasteiger partial charge in [-0.05, 0) is 32.1 Å². The van der Waals surface area contributed by atoms with Gasteiger partial charge in [-0.2, -0.15) is 4.31 Å². The Bertz CT molecular complexity index is 671. The first kappa shape index (κ1) is 16.6. The van der Waals surface area contributed by atoms with E-state index in [0.717, 1.165) is 43.9 Å². The zero-order valence-electron chi connectivity index (χ0n) is 13.6. The monoisotopic (exact) mass is 340 g/mol. The first-order valence-electron chi connectivity index (χ1n) is 8.06. The highest BCUT2D eigenvalue weighted by atomic mass is 32.2. The number of anilines is 1. The fraction of sp³-hybridized carbons (Fsp3) is 0.733. The molecule has 1 aromatic rings. The van der Waals surface area contributed by atoms with Crippen molar-refractivity contribution in [3.8, 4) is 0 Å². The van der Waals surface area contributed by atoms with Gasteiger partial charge >= 0.3 is 0 Å². The molecule has 0 aromatic carbocycles. The van der Waals surface area contributed by atoms with Crippen LogP contribution in [-0.2, 0) is 10.0 Å². The third-order valence-corrected chi connectivity index (χ3v) is 6.07. The molecule has 1 atom stereocenters. The molecule has 2 saturated heterocycles. The zero-order chi connectivity index (χ0) is 16.6. The van der Waals surface area contributed by atoms with E-state index in [2.05, 4.69) is 14.9 Å². The van der Waals surface area contributed by atoms with E-state index in [1.807, 2.05) is 13.0 Å². The Morgan fingerprint density at radius 2 is 1.91 bits per heavy atom. The summed E-state index contributed by atoms with van der Waals surface area (Å²) in [5, 5.41) is 9.25. The average Bonchev–Trinajstić information content (AvgIpc) is 2.44. The highest BCUT2D eigenvalue weighted by Gasteiger charge is 2.37. The zero-order valence-corrected chi connectivity index (χ0v) is 14.5. The molecule has 8 heteroatoms. The smallest absolute Gasteiger partial charge is 0.211 e. The molecule has 0 bridgehead atoms. The highest BCUT2D eigenvalue weighted by Crippen LogP contribution is 2.35. The van der Waals surface area contributed by atoms with E-state index < -0.39 is 10.0 Å². The van der Waals surface area contributed by atoms with Crippen molar-refractivity contribution < 1.29 is 13.5 Å². The first-order chi connectivity index (χ1) is 10.9. The van der Waals surface area contributed by atoms with E-state index in [9.17, 15) is 13.5 Å². The molecule has 7 nitrogen and oxygen atoms in total. The molecule has 2 aliphatic heterocycles. The second kappa shape index (κ2) is 6.33. The summed E-state index contributed by atoms with van der Waals surface area (Å²) >= 11 is 0. The average molecular weight is 340 g/mol. The largest absolute Gasteiger partial charge is 0.396 e. The van der Waals surface area contributed by atoms with E-state index in [0.29, 0.717) is 18.3 Å². The lowest BCUT2D eigenvalue weighted by atomic mass is 9.97. The molecule has 0 saturated carbocycles. The Balaban J connectivity index is 1.80. The molecule has 3 rings (SSSR count). The minimum Gasteiger partial charge on any atom is -0.396 e. The maximum absolute atomic E-state index is 11.8. The Hall–Kier alpha value is -1.25. The van der Waals surface area contributed by atoms with E-state index in [-0.39, 0.29) is 12.6 Å². The van der Waals surface area contributed by atoms with Crippen LogP contribution in [0.15, 0.2) is 6.07 Å². The number of rotatable bonds is 4. The number of aromatic nitrogens is 2. The summed E-state index contributed by atoms with van der Waals surface area (Å²) < 4.78 is 25.1. The Morgan fingerprint density at radius 1 is 1.22 bits per heavy atom. The molecule has 3 heterocycles. The molecule has 0 spiro atoms. The summed E-state index contributed by atoms with van der Waals surface area (Å²) in [6.45, 7) is 4.37. The predicted octanol–water partition coefficient (Wildman–Crippen LogP) is 0.700. The molecule has 128 valence electrons. The standard InChI is InChI=1S/C15H24N4O3S/c1-11-16-13(14-5-8-19(14)23(2,21)22)9-15(17-11)18-6-3-12(10-20)4-7-18/h9,12,14,20H,3-8,10H2,1-2H3/t14-/m1/s1. The van der Waals surface area contributed by atoms with Crippen LogP contribution in [0.5, 0.6) is 0 Å². The lowest BCUT2D eigenvalue weighted by Crippen LogP contribution is -2.45. The molecule has 2 fully saturated rings. The molecule has 0 amide bonds. The van der Waals surface area contributed by atoms with Gasteiger partial charge in [-0.1, -0.05) is 0 Å². The molecule has 23 heavy (non-hydrogen) atoms. The third kappa shape index (κ3) is 3.49. The van der Waals surface area contributed by atoms with Crippen LogP contribution in [0.2, 0.25) is 0 Å². The molecule has 0 aliphatic carbocycles. The summed E-state index contributed by atoms with van der Waals surface area (Å²) in [5.74, 6) is 1.91. The first-order valence-corrected chi connectivity index (χ1v) is 9.91. The van der Waals surface area contributed by atoms with Crippen molar-refractivity contribution in [2.45, 2.75) is 32.2 Å². The molecule has 1 N–H and O–H groups in total. The predicted molar refractivity (Wildman–Crippen MR) is 87.7 cm³/mol. The highest BCUT2D eigenvalue weighted by molar-refractivity contribution is 7.88. The van der Waals surface area contributed by atoms with Gasteiger partial charge in [0.05, 0.1) is 18.0 Å². The third-order valence-electron chi connectivity index (χ3n) is 4.78. The maximum Gasteiger partial charge on any atom is 0.211 e. The quantitative estimate of drug-likeness (QED) is 0.868. The summed E-state index contributed by atoms with van der Waals surface area (Å²) in [7, 11) is -3.19. The fourth-order valence-corrected chi connectivity index (χ4v) is 4.42. The van der Waals surface area contributed by atoms with Gasteiger partial charge in [0.25, 0.3) is 0 Å². The maximum atomic E-state index is 11.8. The second-order valence-electron chi connectivity index (χ2n) is 6.49. The molecule has 2 aliphatic rings. The summed E-state index contributed by atoms with van der Waals surface area (Å²) in [6, 6.07) is 1.76. The van der Waals surface area contributed by atoms with E-state index in [1.165, 1.54) is 10.6 Å². The van der Waals surface area contributed by atoms with Crippen LogP contribution >= 0.6 is 0 Å². The summed E-state index contributed by atoms with van der Waals surface area (Å²) in [5.41, 5.74) is 0.786. The number of aryl methyl sites for hydroxylation is 1.